The number of nitrogens with one attached hydrogen (secondary N) is 1. The van der Waals surface area contributed by atoms with Crippen molar-refractivity contribution in [1.82, 2.24) is 9.88 Å². The summed E-state index contributed by atoms with van der Waals surface area (Å²) in [6.07, 6.45) is 3.35. The Labute approximate surface area is 138 Å². The van der Waals surface area contributed by atoms with Crippen LogP contribution < -0.4 is 5.32 Å². The fourth-order valence-corrected chi connectivity index (χ4v) is 2.26. The minimum atomic E-state index is -0.552. The summed E-state index contributed by atoms with van der Waals surface area (Å²) in [5.74, 6) is -0.938. The Morgan fingerprint density at radius 3 is 2.91 bits per heavy atom. The molecule has 23 heavy (non-hydrogen) atoms. The number of pyridine rings is 1. The van der Waals surface area contributed by atoms with Crippen molar-refractivity contribution in [1.29, 1.82) is 0 Å². The number of hydrogen-bond donors (Lipinski definition) is 2. The number of aliphatic hydroxyl groups is 1. The highest BCUT2D eigenvalue weighted by atomic mass is 35.5. The van der Waals surface area contributed by atoms with Crippen LogP contribution in [0, 0.1) is 5.82 Å². The molecule has 0 saturated heterocycles. The molecule has 122 valence electrons. The van der Waals surface area contributed by atoms with Gasteiger partial charge in [0.15, 0.2) is 0 Å². The topological polar surface area (TPSA) is 65.5 Å². The summed E-state index contributed by atoms with van der Waals surface area (Å²) >= 11 is 5.79. The molecule has 0 unspecified atom stereocenters. The normalized spacial score (nSPS) is 10.8. The number of nitrogens with zero attached hydrogens (tertiary/aromatic N) is 2. The third-order valence-electron chi connectivity index (χ3n) is 3.11. The molecular weight excluding hydrogens is 321 g/mol. The van der Waals surface area contributed by atoms with Gasteiger partial charge in [0.05, 0.1) is 18.8 Å². The molecule has 5 nitrogen and oxygen atoms in total. The van der Waals surface area contributed by atoms with Gasteiger partial charge < -0.3 is 10.4 Å². The molecule has 0 saturated carbocycles. The molecule has 2 N–H and O–H groups in total. The van der Waals surface area contributed by atoms with E-state index < -0.39 is 5.82 Å². The van der Waals surface area contributed by atoms with Crippen molar-refractivity contribution in [3.8, 4) is 0 Å². The fraction of sp³-hybridized carbons (Fsp3) is 0.250. The van der Waals surface area contributed by atoms with Gasteiger partial charge in [-0.05, 0) is 29.8 Å². The number of halogens is 2. The molecular formula is C16H17ClFN3O2. The minimum Gasteiger partial charge on any atom is -0.395 e. The van der Waals surface area contributed by atoms with E-state index in [1.807, 2.05) is 6.07 Å². The molecule has 0 aliphatic heterocycles. The van der Waals surface area contributed by atoms with Crippen LogP contribution in [0.3, 0.4) is 0 Å². The number of amides is 1. The number of anilines is 1. The Hall–Kier alpha value is -2.02. The van der Waals surface area contributed by atoms with Gasteiger partial charge in [-0.2, -0.15) is 0 Å². The third-order valence-corrected chi connectivity index (χ3v) is 3.35. The average molecular weight is 338 g/mol. The zero-order valence-corrected chi connectivity index (χ0v) is 13.1. The number of hydrogen-bond acceptors (Lipinski definition) is 4. The SMILES string of the molecule is O=C(CN(CCO)Cc1cccnc1)Nc1cc(Cl)ccc1F. The lowest BCUT2D eigenvalue weighted by Crippen LogP contribution is -2.35. The average Bonchev–Trinajstić information content (AvgIpc) is 2.52. The van der Waals surface area contributed by atoms with E-state index in [0.717, 1.165) is 5.56 Å². The second kappa shape index (κ2) is 8.57. The first kappa shape index (κ1) is 17.3. The quantitative estimate of drug-likeness (QED) is 0.813. The molecule has 2 aromatic rings. The lowest BCUT2D eigenvalue weighted by molar-refractivity contribution is -0.117. The van der Waals surface area contributed by atoms with Crippen molar-refractivity contribution in [3.63, 3.8) is 0 Å². The van der Waals surface area contributed by atoms with Crippen molar-refractivity contribution < 1.29 is 14.3 Å². The van der Waals surface area contributed by atoms with Crippen LogP contribution in [0.2, 0.25) is 5.02 Å². The van der Waals surface area contributed by atoms with Crippen molar-refractivity contribution >= 4 is 23.2 Å². The maximum atomic E-state index is 13.6. The summed E-state index contributed by atoms with van der Waals surface area (Å²) in [5.41, 5.74) is 0.954. The summed E-state index contributed by atoms with van der Waals surface area (Å²) in [6.45, 7) is 0.709. The minimum absolute atomic E-state index is 0.0153. The number of aromatic nitrogens is 1. The number of benzene rings is 1. The predicted molar refractivity (Wildman–Crippen MR) is 86.6 cm³/mol. The molecule has 0 aliphatic carbocycles. The van der Waals surface area contributed by atoms with E-state index in [9.17, 15) is 9.18 Å². The van der Waals surface area contributed by atoms with E-state index in [-0.39, 0.29) is 24.7 Å². The third kappa shape index (κ3) is 5.59. The van der Waals surface area contributed by atoms with Gasteiger partial charge in [0.1, 0.15) is 5.82 Å². The largest absolute Gasteiger partial charge is 0.395 e. The number of aliphatic hydroxyl groups excluding tert-OH is 1. The fourth-order valence-electron chi connectivity index (χ4n) is 2.09. The standard InChI is InChI=1S/C16H17ClFN3O2/c17-13-3-4-14(18)15(8-13)20-16(23)11-21(6-7-22)10-12-2-1-5-19-9-12/h1-5,8-9,22H,6-7,10-11H2,(H,20,23). The maximum Gasteiger partial charge on any atom is 0.238 e. The van der Waals surface area contributed by atoms with E-state index in [1.165, 1.54) is 18.2 Å². The van der Waals surface area contributed by atoms with Gasteiger partial charge in [0.2, 0.25) is 5.91 Å². The highest BCUT2D eigenvalue weighted by molar-refractivity contribution is 6.30. The van der Waals surface area contributed by atoms with E-state index in [4.69, 9.17) is 16.7 Å². The number of carbonyl (C=O) groups is 1. The van der Waals surface area contributed by atoms with Gasteiger partial charge in [0.25, 0.3) is 0 Å². The predicted octanol–water partition coefficient (Wildman–Crippen LogP) is 2.31. The van der Waals surface area contributed by atoms with Crippen LogP contribution in [0.15, 0.2) is 42.7 Å². The van der Waals surface area contributed by atoms with Crippen LogP contribution in [-0.2, 0) is 11.3 Å². The van der Waals surface area contributed by atoms with Crippen LogP contribution in [0.4, 0.5) is 10.1 Å². The highest BCUT2D eigenvalue weighted by Crippen LogP contribution is 2.19. The molecule has 1 heterocycles. The molecule has 0 aliphatic rings. The van der Waals surface area contributed by atoms with Gasteiger partial charge >= 0.3 is 0 Å². The van der Waals surface area contributed by atoms with Crippen LogP contribution in [0.25, 0.3) is 0 Å². The molecule has 0 bridgehead atoms. The summed E-state index contributed by atoms with van der Waals surface area (Å²) in [7, 11) is 0. The van der Waals surface area contributed by atoms with Crippen LogP contribution in [-0.4, -0.2) is 40.6 Å². The number of rotatable bonds is 7. The van der Waals surface area contributed by atoms with Crippen LogP contribution in [0.5, 0.6) is 0 Å². The first-order valence-corrected chi connectivity index (χ1v) is 7.43. The molecule has 1 amide bonds. The van der Waals surface area contributed by atoms with Crippen molar-refractivity contribution in [2.75, 3.05) is 25.0 Å². The molecule has 1 aromatic heterocycles. The lowest BCUT2D eigenvalue weighted by Gasteiger charge is -2.20. The first-order valence-electron chi connectivity index (χ1n) is 7.05. The van der Waals surface area contributed by atoms with Crippen LogP contribution in [0.1, 0.15) is 5.56 Å². The smallest absolute Gasteiger partial charge is 0.238 e. The zero-order valence-electron chi connectivity index (χ0n) is 12.4. The molecule has 0 atom stereocenters. The molecule has 7 heteroatoms. The van der Waals surface area contributed by atoms with Gasteiger partial charge in [-0.15, -0.1) is 0 Å². The van der Waals surface area contributed by atoms with Gasteiger partial charge in [0, 0.05) is 30.5 Å². The maximum absolute atomic E-state index is 13.6. The molecule has 1 aromatic carbocycles. The Bertz CT molecular complexity index is 655. The van der Waals surface area contributed by atoms with E-state index in [0.29, 0.717) is 18.1 Å². The highest BCUT2D eigenvalue weighted by Gasteiger charge is 2.13. The van der Waals surface area contributed by atoms with E-state index >= 15 is 0 Å². The summed E-state index contributed by atoms with van der Waals surface area (Å²) in [4.78, 5) is 17.8. The number of carbonyl (C=O) groups excluding carboxylic acids is 1. The summed E-state index contributed by atoms with van der Waals surface area (Å²) < 4.78 is 13.6. The Morgan fingerprint density at radius 1 is 1.39 bits per heavy atom. The molecule has 0 spiro atoms. The van der Waals surface area contributed by atoms with Gasteiger partial charge in [-0.1, -0.05) is 17.7 Å². The van der Waals surface area contributed by atoms with Crippen molar-refractivity contribution in [2.45, 2.75) is 6.54 Å². The van der Waals surface area contributed by atoms with E-state index in [1.54, 1.807) is 23.4 Å². The summed E-state index contributed by atoms with van der Waals surface area (Å²) in [5, 5.41) is 12.0. The van der Waals surface area contributed by atoms with Crippen LogP contribution >= 0.6 is 11.6 Å². The van der Waals surface area contributed by atoms with Crippen molar-refractivity contribution in [3.05, 3.63) is 59.1 Å². The zero-order chi connectivity index (χ0) is 16.7. The van der Waals surface area contributed by atoms with Gasteiger partial charge in [-0.3, -0.25) is 14.7 Å². The first-order chi connectivity index (χ1) is 11.1. The van der Waals surface area contributed by atoms with E-state index in [2.05, 4.69) is 10.3 Å². The lowest BCUT2D eigenvalue weighted by atomic mass is 10.2. The monoisotopic (exact) mass is 337 g/mol. The summed E-state index contributed by atoms with van der Waals surface area (Å²) in [6, 6.07) is 7.64. The second-order valence-electron chi connectivity index (χ2n) is 4.97. The van der Waals surface area contributed by atoms with Crippen molar-refractivity contribution in [2.24, 2.45) is 0 Å². The Kier molecular flexibility index (Phi) is 6.46. The Balaban J connectivity index is 1.98. The molecule has 0 radical (unpaired) electrons. The Morgan fingerprint density at radius 2 is 2.22 bits per heavy atom. The van der Waals surface area contributed by atoms with Gasteiger partial charge in [-0.25, -0.2) is 4.39 Å². The second-order valence-corrected chi connectivity index (χ2v) is 5.40. The molecule has 0 fully saturated rings. The molecule has 2 rings (SSSR count).